The molecule has 1 aromatic carbocycles. The number of unbranched alkanes of at least 4 members (excludes halogenated alkanes) is 6. The maximum Gasteiger partial charge on any atom is 0.159 e. The fourth-order valence-electron chi connectivity index (χ4n) is 3.66. The van der Waals surface area contributed by atoms with Gasteiger partial charge in [0.25, 0.3) is 0 Å². The summed E-state index contributed by atoms with van der Waals surface area (Å²) >= 11 is 0. The zero-order valence-corrected chi connectivity index (χ0v) is 19.9. The molecule has 1 heterocycles. The molecule has 0 spiro atoms. The van der Waals surface area contributed by atoms with Crippen molar-refractivity contribution in [3.05, 3.63) is 42.2 Å². The number of alkyl halides is 2. The van der Waals surface area contributed by atoms with Gasteiger partial charge in [-0.25, -0.2) is 18.7 Å². The van der Waals surface area contributed by atoms with Crippen LogP contribution in [0.15, 0.2) is 36.7 Å². The summed E-state index contributed by atoms with van der Waals surface area (Å²) in [4.78, 5) is 8.76. The van der Waals surface area contributed by atoms with E-state index in [-0.39, 0.29) is 25.9 Å². The Hall–Kier alpha value is -2.04. The molecule has 178 valence electrons. The summed E-state index contributed by atoms with van der Waals surface area (Å²) in [6, 6.07) is 8.44. The molecule has 2 rings (SSSR count). The Bertz CT molecular complexity index is 721. The molecule has 2 atom stereocenters. The first-order valence-corrected chi connectivity index (χ1v) is 12.4. The van der Waals surface area contributed by atoms with Crippen LogP contribution in [0.25, 0.3) is 11.4 Å². The van der Waals surface area contributed by atoms with Crippen molar-refractivity contribution in [2.45, 2.75) is 103 Å². The van der Waals surface area contributed by atoms with Crippen LogP contribution in [-0.4, -0.2) is 28.9 Å². The van der Waals surface area contributed by atoms with Crippen LogP contribution >= 0.6 is 0 Å². The number of halogens is 2. The lowest BCUT2D eigenvalue weighted by Gasteiger charge is -2.11. The van der Waals surface area contributed by atoms with Crippen molar-refractivity contribution in [3.8, 4) is 17.1 Å². The lowest BCUT2D eigenvalue weighted by atomic mass is 10.0. The molecule has 0 saturated carbocycles. The predicted molar refractivity (Wildman–Crippen MR) is 129 cm³/mol. The normalized spacial score (nSPS) is 13.1. The molecule has 0 amide bonds. The minimum Gasteiger partial charge on any atom is -0.490 e. The highest BCUT2D eigenvalue weighted by Crippen LogP contribution is 2.19. The smallest absolute Gasteiger partial charge is 0.159 e. The molecular weight excluding hydrogens is 406 g/mol. The number of benzene rings is 1. The summed E-state index contributed by atoms with van der Waals surface area (Å²) in [7, 11) is 0. The highest BCUT2D eigenvalue weighted by Gasteiger charge is 2.11. The molecule has 0 aliphatic rings. The van der Waals surface area contributed by atoms with E-state index >= 15 is 0 Å². The molecule has 2 unspecified atom stereocenters. The fourth-order valence-corrected chi connectivity index (χ4v) is 3.66. The van der Waals surface area contributed by atoms with Crippen molar-refractivity contribution < 1.29 is 13.5 Å². The molecule has 5 heteroatoms. The molecule has 1 aromatic heterocycles. The number of rotatable bonds is 17. The topological polar surface area (TPSA) is 35.0 Å². The minimum absolute atomic E-state index is 0.236. The zero-order valence-electron chi connectivity index (χ0n) is 19.9. The second-order valence-electron chi connectivity index (χ2n) is 8.63. The van der Waals surface area contributed by atoms with E-state index < -0.39 is 12.3 Å². The van der Waals surface area contributed by atoms with Gasteiger partial charge in [-0.2, -0.15) is 0 Å². The fraction of sp³-hybridized carbons (Fsp3) is 0.630. The lowest BCUT2D eigenvalue weighted by Crippen LogP contribution is -2.10. The van der Waals surface area contributed by atoms with Crippen LogP contribution in [-0.2, 0) is 6.42 Å². The average Bonchev–Trinajstić information content (AvgIpc) is 2.83. The van der Waals surface area contributed by atoms with E-state index in [1.54, 1.807) is 19.3 Å². The molecule has 3 nitrogen and oxygen atoms in total. The number of aromatic nitrogens is 2. The van der Waals surface area contributed by atoms with Crippen LogP contribution in [0.4, 0.5) is 8.78 Å². The molecule has 32 heavy (non-hydrogen) atoms. The Morgan fingerprint density at radius 1 is 0.781 bits per heavy atom. The van der Waals surface area contributed by atoms with Gasteiger partial charge in [0.2, 0.25) is 0 Å². The predicted octanol–water partition coefficient (Wildman–Crippen LogP) is 8.07. The maximum absolute atomic E-state index is 13.8. The van der Waals surface area contributed by atoms with Gasteiger partial charge in [0.15, 0.2) is 11.6 Å². The Morgan fingerprint density at radius 2 is 1.41 bits per heavy atom. The summed E-state index contributed by atoms with van der Waals surface area (Å²) in [6.45, 7) is 4.26. The number of aryl methyl sites for hydroxylation is 1. The highest BCUT2D eigenvalue weighted by atomic mass is 19.1. The van der Waals surface area contributed by atoms with Crippen molar-refractivity contribution >= 4 is 0 Å². The largest absolute Gasteiger partial charge is 0.490 e. The summed E-state index contributed by atoms with van der Waals surface area (Å²) in [5.74, 6) is 1.17. The number of ether oxygens (including phenoxy) is 1. The van der Waals surface area contributed by atoms with Crippen molar-refractivity contribution in [1.82, 2.24) is 9.97 Å². The van der Waals surface area contributed by atoms with E-state index in [2.05, 4.69) is 41.2 Å². The van der Waals surface area contributed by atoms with E-state index in [1.165, 1.54) is 50.5 Å². The van der Waals surface area contributed by atoms with Crippen molar-refractivity contribution in [3.63, 3.8) is 0 Å². The third kappa shape index (κ3) is 10.5. The van der Waals surface area contributed by atoms with Gasteiger partial charge in [0, 0.05) is 12.0 Å². The van der Waals surface area contributed by atoms with Gasteiger partial charge in [0.05, 0.1) is 25.2 Å². The van der Waals surface area contributed by atoms with E-state index in [1.807, 2.05) is 0 Å². The van der Waals surface area contributed by atoms with Crippen LogP contribution in [0.5, 0.6) is 5.75 Å². The maximum atomic E-state index is 13.8. The number of hydrogen-bond donors (Lipinski definition) is 0. The number of nitrogens with zero attached hydrogens (tertiary/aromatic N) is 2. The summed E-state index contributed by atoms with van der Waals surface area (Å²) in [6.07, 6.45) is 12.9. The Balaban J connectivity index is 1.68. The van der Waals surface area contributed by atoms with E-state index in [9.17, 15) is 8.78 Å². The van der Waals surface area contributed by atoms with Gasteiger partial charge in [-0.3, -0.25) is 0 Å². The summed E-state index contributed by atoms with van der Waals surface area (Å²) < 4.78 is 32.5. The van der Waals surface area contributed by atoms with Gasteiger partial charge < -0.3 is 4.74 Å². The van der Waals surface area contributed by atoms with E-state index in [4.69, 9.17) is 4.74 Å². The highest BCUT2D eigenvalue weighted by molar-refractivity contribution is 5.55. The third-order valence-electron chi connectivity index (χ3n) is 5.85. The van der Waals surface area contributed by atoms with Crippen molar-refractivity contribution in [1.29, 1.82) is 0 Å². The number of hydrogen-bond acceptors (Lipinski definition) is 3. The van der Waals surface area contributed by atoms with Gasteiger partial charge in [0.1, 0.15) is 6.17 Å². The molecule has 0 aliphatic heterocycles. The molecular formula is C27H40F2N2O. The Morgan fingerprint density at radius 3 is 2.06 bits per heavy atom. The van der Waals surface area contributed by atoms with E-state index in [0.717, 1.165) is 12.0 Å². The molecule has 0 bridgehead atoms. The monoisotopic (exact) mass is 446 g/mol. The molecule has 0 aliphatic carbocycles. The van der Waals surface area contributed by atoms with Crippen molar-refractivity contribution in [2.24, 2.45) is 0 Å². The second-order valence-corrected chi connectivity index (χ2v) is 8.63. The van der Waals surface area contributed by atoms with Gasteiger partial charge in [-0.15, -0.1) is 0 Å². The van der Waals surface area contributed by atoms with Crippen LogP contribution in [0, 0.1) is 0 Å². The summed E-state index contributed by atoms with van der Waals surface area (Å²) in [5.41, 5.74) is 2.32. The van der Waals surface area contributed by atoms with Crippen LogP contribution in [0.2, 0.25) is 0 Å². The first-order valence-electron chi connectivity index (χ1n) is 12.4. The van der Waals surface area contributed by atoms with Crippen LogP contribution in [0.1, 0.15) is 90.0 Å². The SMILES string of the molecule is CCCCCCCCCc1ccc(-c2ncc(OCCC(F)CCC(F)CC)cn2)cc1. The van der Waals surface area contributed by atoms with Crippen LogP contribution < -0.4 is 4.74 Å². The third-order valence-corrected chi connectivity index (χ3v) is 5.85. The Kier molecular flexibility index (Phi) is 12.9. The molecule has 0 saturated heterocycles. The minimum atomic E-state index is -1.04. The zero-order chi connectivity index (χ0) is 23.0. The van der Waals surface area contributed by atoms with Gasteiger partial charge >= 0.3 is 0 Å². The first kappa shape index (κ1) is 26.2. The van der Waals surface area contributed by atoms with Gasteiger partial charge in [-0.05, 0) is 37.7 Å². The second kappa shape index (κ2) is 15.7. The average molecular weight is 447 g/mol. The van der Waals surface area contributed by atoms with Gasteiger partial charge in [-0.1, -0.05) is 76.6 Å². The lowest BCUT2D eigenvalue weighted by molar-refractivity contribution is 0.202. The Labute approximate surface area is 193 Å². The molecule has 2 aromatic rings. The molecule has 0 fully saturated rings. The first-order chi connectivity index (χ1) is 15.6. The molecule has 0 radical (unpaired) electrons. The summed E-state index contributed by atoms with van der Waals surface area (Å²) in [5, 5.41) is 0. The standard InChI is InChI=1S/C27H40F2N2O/c1-3-5-6-7-8-9-10-11-22-12-14-23(15-13-22)27-30-20-26(21-31-27)32-19-18-25(29)17-16-24(28)4-2/h12-15,20-21,24-25H,3-11,16-19H2,1-2H3. The quantitative estimate of drug-likeness (QED) is 0.230. The van der Waals surface area contributed by atoms with E-state index in [0.29, 0.717) is 18.0 Å². The van der Waals surface area contributed by atoms with Crippen LogP contribution in [0.3, 0.4) is 0 Å². The van der Waals surface area contributed by atoms with Crippen molar-refractivity contribution in [2.75, 3.05) is 6.61 Å². The molecule has 0 N–H and O–H groups in total.